The second-order valence-corrected chi connectivity index (χ2v) is 4.82. The summed E-state index contributed by atoms with van der Waals surface area (Å²) in [6.07, 6.45) is 1.04. The van der Waals surface area contributed by atoms with Gasteiger partial charge in [0.1, 0.15) is 0 Å². The second-order valence-electron chi connectivity index (χ2n) is 4.82. The summed E-state index contributed by atoms with van der Waals surface area (Å²) in [5.74, 6) is 0. The molecule has 0 amide bonds. The maximum Gasteiger partial charge on any atom is 0.0684 e. The lowest BCUT2D eigenvalue weighted by atomic mass is 10.0. The highest BCUT2D eigenvalue weighted by Crippen LogP contribution is 2.10. The van der Waals surface area contributed by atoms with Crippen LogP contribution >= 0.6 is 0 Å². The Kier molecular flexibility index (Phi) is 4.54. The Morgan fingerprint density at radius 2 is 1.71 bits per heavy atom. The molecule has 1 aromatic rings. The van der Waals surface area contributed by atoms with Crippen molar-refractivity contribution in [3.63, 3.8) is 0 Å². The third-order valence-electron chi connectivity index (χ3n) is 3.58. The number of nitrogens with zero attached hydrogens (tertiary/aromatic N) is 2. The lowest BCUT2D eigenvalue weighted by Gasteiger charge is -2.32. The summed E-state index contributed by atoms with van der Waals surface area (Å²) in [4.78, 5) is 4.88. The molecule has 1 aliphatic heterocycles. The average Bonchev–Trinajstić information content (AvgIpc) is 2.38. The fraction of sp³-hybridized carbons (Fsp3) is 0.571. The zero-order chi connectivity index (χ0) is 12.1. The Morgan fingerprint density at radius 1 is 1.06 bits per heavy atom. The molecule has 0 bridgehead atoms. The van der Waals surface area contributed by atoms with Gasteiger partial charge >= 0.3 is 0 Å². The number of aliphatic hydroxyl groups excluding tert-OH is 1. The Morgan fingerprint density at radius 3 is 2.35 bits per heavy atom. The van der Waals surface area contributed by atoms with Crippen LogP contribution in [0.4, 0.5) is 0 Å². The van der Waals surface area contributed by atoms with Crippen molar-refractivity contribution >= 4 is 0 Å². The highest BCUT2D eigenvalue weighted by atomic mass is 16.3. The fourth-order valence-corrected chi connectivity index (χ4v) is 2.31. The van der Waals surface area contributed by atoms with E-state index in [2.05, 4.69) is 29.0 Å². The van der Waals surface area contributed by atoms with Gasteiger partial charge in [0.25, 0.3) is 0 Å². The van der Waals surface area contributed by atoms with Crippen LogP contribution in [0.15, 0.2) is 24.3 Å². The molecule has 0 saturated carbocycles. The first-order valence-electron chi connectivity index (χ1n) is 6.38. The van der Waals surface area contributed by atoms with Crippen LogP contribution in [0.5, 0.6) is 0 Å². The van der Waals surface area contributed by atoms with Gasteiger partial charge < -0.3 is 14.9 Å². The zero-order valence-corrected chi connectivity index (χ0v) is 10.6. The van der Waals surface area contributed by atoms with E-state index >= 15 is 0 Å². The van der Waals surface area contributed by atoms with Crippen molar-refractivity contribution in [2.45, 2.75) is 13.0 Å². The van der Waals surface area contributed by atoms with Crippen molar-refractivity contribution in [2.75, 3.05) is 39.8 Å². The minimum Gasteiger partial charge on any atom is -0.392 e. The number of piperazine rings is 1. The van der Waals surface area contributed by atoms with Crippen LogP contribution in [0.2, 0.25) is 0 Å². The van der Waals surface area contributed by atoms with Gasteiger partial charge in [-0.05, 0) is 24.6 Å². The molecular formula is C14H22N2O. The van der Waals surface area contributed by atoms with E-state index in [1.54, 1.807) is 0 Å². The molecule has 17 heavy (non-hydrogen) atoms. The second kappa shape index (κ2) is 6.15. The van der Waals surface area contributed by atoms with Gasteiger partial charge in [0.2, 0.25) is 0 Å². The third kappa shape index (κ3) is 3.53. The summed E-state index contributed by atoms with van der Waals surface area (Å²) in [7, 11) is 2.18. The molecule has 0 radical (unpaired) electrons. The molecule has 94 valence electrons. The van der Waals surface area contributed by atoms with Crippen LogP contribution in [0.1, 0.15) is 11.1 Å². The summed E-state index contributed by atoms with van der Waals surface area (Å²) >= 11 is 0. The lowest BCUT2D eigenvalue weighted by molar-refractivity contribution is 0.155. The maximum atomic E-state index is 9.27. The average molecular weight is 234 g/mol. The molecule has 1 fully saturated rings. The zero-order valence-electron chi connectivity index (χ0n) is 10.6. The topological polar surface area (TPSA) is 26.7 Å². The molecule has 3 nitrogen and oxygen atoms in total. The molecule has 0 unspecified atom stereocenters. The predicted molar refractivity (Wildman–Crippen MR) is 70.0 cm³/mol. The van der Waals surface area contributed by atoms with E-state index in [0.29, 0.717) is 0 Å². The molecular weight excluding hydrogens is 212 g/mol. The molecule has 1 aromatic carbocycles. The van der Waals surface area contributed by atoms with E-state index in [4.69, 9.17) is 0 Å². The van der Waals surface area contributed by atoms with Gasteiger partial charge in [0.15, 0.2) is 0 Å². The Hall–Kier alpha value is -0.900. The van der Waals surface area contributed by atoms with E-state index in [9.17, 15) is 5.11 Å². The minimum absolute atomic E-state index is 0.152. The van der Waals surface area contributed by atoms with Crippen molar-refractivity contribution in [3.8, 4) is 0 Å². The molecule has 0 spiro atoms. The number of hydrogen-bond donors (Lipinski definition) is 1. The molecule has 1 N–H and O–H groups in total. The van der Waals surface area contributed by atoms with E-state index in [1.165, 1.54) is 18.7 Å². The predicted octanol–water partition coefficient (Wildman–Crippen LogP) is 0.969. The largest absolute Gasteiger partial charge is 0.392 e. The Labute approximate surface area is 104 Å². The van der Waals surface area contributed by atoms with Crippen molar-refractivity contribution in [3.05, 3.63) is 35.4 Å². The smallest absolute Gasteiger partial charge is 0.0684 e. The van der Waals surface area contributed by atoms with Crippen molar-refractivity contribution in [1.29, 1.82) is 0 Å². The van der Waals surface area contributed by atoms with Gasteiger partial charge in [-0.25, -0.2) is 0 Å². The highest BCUT2D eigenvalue weighted by molar-refractivity contribution is 5.26. The normalized spacial score (nSPS) is 18.5. The van der Waals surface area contributed by atoms with Crippen molar-refractivity contribution in [2.24, 2.45) is 0 Å². The van der Waals surface area contributed by atoms with Gasteiger partial charge in [-0.15, -0.1) is 0 Å². The van der Waals surface area contributed by atoms with Crippen LogP contribution in [0.3, 0.4) is 0 Å². The van der Waals surface area contributed by atoms with Gasteiger partial charge in [0.05, 0.1) is 6.61 Å². The monoisotopic (exact) mass is 234 g/mol. The van der Waals surface area contributed by atoms with Crippen LogP contribution in [-0.2, 0) is 13.0 Å². The van der Waals surface area contributed by atoms with E-state index in [-0.39, 0.29) is 6.61 Å². The van der Waals surface area contributed by atoms with Crippen LogP contribution in [0.25, 0.3) is 0 Å². The summed E-state index contributed by atoms with van der Waals surface area (Å²) < 4.78 is 0. The molecule has 0 atom stereocenters. The molecule has 1 heterocycles. The van der Waals surface area contributed by atoms with Crippen LogP contribution in [0, 0.1) is 0 Å². The summed E-state index contributed by atoms with van der Waals surface area (Å²) in [6.45, 7) is 5.92. The molecule has 1 saturated heterocycles. The SMILES string of the molecule is CN1CCN(CCc2ccccc2CO)CC1. The van der Waals surface area contributed by atoms with Crippen LogP contribution in [-0.4, -0.2) is 54.7 Å². The first-order chi connectivity index (χ1) is 8.29. The van der Waals surface area contributed by atoms with Gasteiger partial charge in [-0.3, -0.25) is 0 Å². The fourth-order valence-electron chi connectivity index (χ4n) is 2.31. The number of likely N-dealkylation sites (N-methyl/N-ethyl adjacent to an activating group) is 1. The summed E-state index contributed by atoms with van der Waals surface area (Å²) in [5.41, 5.74) is 2.36. The van der Waals surface area contributed by atoms with E-state index in [0.717, 1.165) is 31.6 Å². The lowest BCUT2D eigenvalue weighted by Crippen LogP contribution is -2.45. The molecule has 1 aliphatic rings. The number of hydrogen-bond acceptors (Lipinski definition) is 3. The van der Waals surface area contributed by atoms with Gasteiger partial charge in [-0.2, -0.15) is 0 Å². The Balaban J connectivity index is 1.85. The molecule has 0 aliphatic carbocycles. The Bertz CT molecular complexity index is 346. The van der Waals surface area contributed by atoms with E-state index in [1.807, 2.05) is 12.1 Å². The maximum absolute atomic E-state index is 9.27. The number of aliphatic hydroxyl groups is 1. The van der Waals surface area contributed by atoms with E-state index < -0.39 is 0 Å². The van der Waals surface area contributed by atoms with Crippen molar-refractivity contribution < 1.29 is 5.11 Å². The molecule has 2 rings (SSSR count). The van der Waals surface area contributed by atoms with Crippen molar-refractivity contribution in [1.82, 2.24) is 9.80 Å². The first kappa shape index (κ1) is 12.6. The minimum atomic E-state index is 0.152. The molecule has 0 aromatic heterocycles. The quantitative estimate of drug-likeness (QED) is 0.841. The summed E-state index contributed by atoms with van der Waals surface area (Å²) in [5, 5.41) is 9.27. The molecule has 3 heteroatoms. The number of benzene rings is 1. The van der Waals surface area contributed by atoms with Crippen LogP contribution < -0.4 is 0 Å². The standard InChI is InChI=1S/C14H22N2O/c1-15-8-10-16(11-9-15)7-6-13-4-2-3-5-14(13)12-17/h2-5,17H,6-12H2,1H3. The third-order valence-corrected chi connectivity index (χ3v) is 3.58. The number of rotatable bonds is 4. The highest BCUT2D eigenvalue weighted by Gasteiger charge is 2.13. The van der Waals surface area contributed by atoms with Gasteiger partial charge in [0, 0.05) is 32.7 Å². The van der Waals surface area contributed by atoms with Gasteiger partial charge in [-0.1, -0.05) is 24.3 Å². The first-order valence-corrected chi connectivity index (χ1v) is 6.38. The summed E-state index contributed by atoms with van der Waals surface area (Å²) in [6, 6.07) is 8.18.